The summed E-state index contributed by atoms with van der Waals surface area (Å²) in [6.45, 7) is 2.38. The second-order valence-corrected chi connectivity index (χ2v) is 4.04. The summed E-state index contributed by atoms with van der Waals surface area (Å²) < 4.78 is 39.5. The summed E-state index contributed by atoms with van der Waals surface area (Å²) >= 11 is 0. The van der Waals surface area contributed by atoms with Gasteiger partial charge in [-0.1, -0.05) is 6.92 Å². The van der Waals surface area contributed by atoms with Crippen molar-refractivity contribution in [3.63, 3.8) is 0 Å². The second kappa shape index (κ2) is 5.26. The Morgan fingerprint density at radius 3 is 2.68 bits per heavy atom. The Labute approximate surface area is 107 Å². The van der Waals surface area contributed by atoms with Crippen LogP contribution in [0.4, 0.5) is 13.2 Å². The van der Waals surface area contributed by atoms with Crippen molar-refractivity contribution in [2.75, 3.05) is 6.54 Å². The molecule has 0 saturated carbocycles. The number of pyridine rings is 1. The first-order valence-corrected chi connectivity index (χ1v) is 5.76. The molecule has 2 aromatic rings. The summed E-state index contributed by atoms with van der Waals surface area (Å²) in [6, 6.07) is 2.09. The van der Waals surface area contributed by atoms with E-state index in [0.29, 0.717) is 6.54 Å². The maximum atomic E-state index is 13.4. The molecule has 0 atom stereocenters. The normalized spacial score (nSPS) is 10.7. The molecule has 2 rings (SSSR count). The predicted molar refractivity (Wildman–Crippen MR) is 64.2 cm³/mol. The van der Waals surface area contributed by atoms with Crippen molar-refractivity contribution in [2.24, 2.45) is 0 Å². The topological polar surface area (TPSA) is 42.0 Å². The molecule has 1 N–H and O–H groups in total. The van der Waals surface area contributed by atoms with Crippen molar-refractivity contribution in [3.8, 4) is 0 Å². The fourth-order valence-corrected chi connectivity index (χ4v) is 1.65. The molecule has 19 heavy (non-hydrogen) atoms. The number of hydrogen-bond acceptors (Lipinski definition) is 2. The number of carbonyl (C=O) groups is 1. The van der Waals surface area contributed by atoms with Gasteiger partial charge in [0.25, 0.3) is 5.91 Å². The number of benzene rings is 1. The first kappa shape index (κ1) is 13.3. The third kappa shape index (κ3) is 2.52. The fraction of sp³-hybridized carbons (Fsp3) is 0.231. The van der Waals surface area contributed by atoms with Gasteiger partial charge < -0.3 is 5.32 Å². The van der Waals surface area contributed by atoms with E-state index in [-0.39, 0.29) is 22.4 Å². The van der Waals surface area contributed by atoms with Gasteiger partial charge in [0.2, 0.25) is 0 Å². The van der Waals surface area contributed by atoms with Gasteiger partial charge in [-0.25, -0.2) is 13.2 Å². The summed E-state index contributed by atoms with van der Waals surface area (Å²) in [7, 11) is 0. The molecule has 0 aliphatic rings. The molecule has 1 amide bonds. The molecule has 0 saturated heterocycles. The van der Waals surface area contributed by atoms with Crippen molar-refractivity contribution in [2.45, 2.75) is 13.3 Å². The highest BCUT2D eigenvalue weighted by atomic mass is 19.2. The van der Waals surface area contributed by atoms with Gasteiger partial charge in [-0.3, -0.25) is 9.78 Å². The van der Waals surface area contributed by atoms with Crippen LogP contribution in [0.15, 0.2) is 18.3 Å². The minimum absolute atomic E-state index is 0.0422. The third-order valence-corrected chi connectivity index (χ3v) is 2.61. The number of aromatic nitrogens is 1. The highest BCUT2D eigenvalue weighted by molar-refractivity contribution is 5.97. The molecule has 1 heterocycles. The van der Waals surface area contributed by atoms with Crippen molar-refractivity contribution >= 4 is 16.8 Å². The van der Waals surface area contributed by atoms with E-state index >= 15 is 0 Å². The molecule has 1 aromatic carbocycles. The maximum absolute atomic E-state index is 13.4. The molecule has 0 unspecified atom stereocenters. The molecule has 0 bridgehead atoms. The number of nitrogens with zero attached hydrogens (tertiary/aromatic N) is 1. The lowest BCUT2D eigenvalue weighted by molar-refractivity contribution is 0.0953. The quantitative estimate of drug-likeness (QED) is 0.870. The summed E-state index contributed by atoms with van der Waals surface area (Å²) in [5.74, 6) is -4.61. The number of amides is 1. The van der Waals surface area contributed by atoms with Gasteiger partial charge in [0, 0.05) is 18.1 Å². The number of fused-ring (bicyclic) bond motifs is 1. The number of rotatable bonds is 3. The van der Waals surface area contributed by atoms with Gasteiger partial charge in [0.1, 0.15) is 5.52 Å². The largest absolute Gasteiger partial charge is 0.352 e. The molecule has 6 heteroatoms. The van der Waals surface area contributed by atoms with Crippen molar-refractivity contribution < 1.29 is 18.0 Å². The lowest BCUT2D eigenvalue weighted by Gasteiger charge is -2.05. The molecule has 100 valence electrons. The van der Waals surface area contributed by atoms with E-state index in [2.05, 4.69) is 10.3 Å². The molecule has 0 aliphatic carbocycles. The Balaban J connectivity index is 2.46. The van der Waals surface area contributed by atoms with Gasteiger partial charge in [-0.05, 0) is 18.6 Å². The fourth-order valence-electron chi connectivity index (χ4n) is 1.65. The summed E-state index contributed by atoms with van der Waals surface area (Å²) in [6.07, 6.45) is 1.90. The number of hydrogen-bond donors (Lipinski definition) is 1. The minimum atomic E-state index is -1.57. The van der Waals surface area contributed by atoms with Crippen LogP contribution in [0.2, 0.25) is 0 Å². The van der Waals surface area contributed by atoms with Crippen LogP contribution < -0.4 is 5.32 Å². The predicted octanol–water partition coefficient (Wildman–Crippen LogP) is 2.79. The molecule has 0 radical (unpaired) electrons. The Morgan fingerprint density at radius 2 is 2.00 bits per heavy atom. The smallest absolute Gasteiger partial charge is 0.252 e. The SMILES string of the molecule is CCCNC(=O)c1cnc2c(F)c(F)c(F)cc2c1. The highest BCUT2D eigenvalue weighted by Crippen LogP contribution is 2.21. The van der Waals surface area contributed by atoms with E-state index in [1.807, 2.05) is 6.92 Å². The lowest BCUT2D eigenvalue weighted by atomic mass is 10.1. The van der Waals surface area contributed by atoms with E-state index in [9.17, 15) is 18.0 Å². The Kier molecular flexibility index (Phi) is 3.69. The van der Waals surface area contributed by atoms with Crippen LogP contribution in [0.5, 0.6) is 0 Å². The van der Waals surface area contributed by atoms with Crippen LogP contribution in [0, 0.1) is 17.5 Å². The summed E-state index contributed by atoms with van der Waals surface area (Å²) in [5, 5.41) is 2.66. The second-order valence-electron chi connectivity index (χ2n) is 4.04. The van der Waals surface area contributed by atoms with Crippen molar-refractivity contribution in [3.05, 3.63) is 41.3 Å². The van der Waals surface area contributed by atoms with Crippen LogP contribution in [0.25, 0.3) is 10.9 Å². The van der Waals surface area contributed by atoms with Gasteiger partial charge in [0.15, 0.2) is 17.5 Å². The number of halogens is 3. The summed E-state index contributed by atoms with van der Waals surface area (Å²) in [4.78, 5) is 15.3. The Bertz CT molecular complexity index is 643. The van der Waals surface area contributed by atoms with Crippen LogP contribution in [-0.2, 0) is 0 Å². The minimum Gasteiger partial charge on any atom is -0.352 e. The van der Waals surface area contributed by atoms with Crippen molar-refractivity contribution in [1.29, 1.82) is 0 Å². The zero-order valence-corrected chi connectivity index (χ0v) is 10.1. The van der Waals surface area contributed by atoms with E-state index in [1.165, 1.54) is 6.07 Å². The van der Waals surface area contributed by atoms with E-state index in [0.717, 1.165) is 18.7 Å². The van der Waals surface area contributed by atoms with Crippen LogP contribution >= 0.6 is 0 Å². The highest BCUT2D eigenvalue weighted by Gasteiger charge is 2.16. The zero-order chi connectivity index (χ0) is 14.0. The van der Waals surface area contributed by atoms with Crippen molar-refractivity contribution in [1.82, 2.24) is 10.3 Å². The Morgan fingerprint density at radius 1 is 1.26 bits per heavy atom. The average molecular weight is 268 g/mol. The number of nitrogens with one attached hydrogen (secondary N) is 1. The van der Waals surface area contributed by atoms with Crippen LogP contribution in [0.3, 0.4) is 0 Å². The van der Waals surface area contributed by atoms with E-state index in [1.54, 1.807) is 0 Å². The molecular formula is C13H11F3N2O. The maximum Gasteiger partial charge on any atom is 0.252 e. The Hall–Kier alpha value is -2.11. The monoisotopic (exact) mass is 268 g/mol. The van der Waals surface area contributed by atoms with Gasteiger partial charge in [-0.2, -0.15) is 0 Å². The molecule has 0 spiro atoms. The standard InChI is InChI=1S/C13H11F3N2O/c1-2-3-17-13(19)8-4-7-5-9(14)10(15)11(16)12(7)18-6-8/h4-6H,2-3H2,1H3,(H,17,19). The van der Waals surface area contributed by atoms with Crippen LogP contribution in [0.1, 0.15) is 23.7 Å². The van der Waals surface area contributed by atoms with Gasteiger partial charge in [-0.15, -0.1) is 0 Å². The van der Waals surface area contributed by atoms with Gasteiger partial charge >= 0.3 is 0 Å². The van der Waals surface area contributed by atoms with E-state index < -0.39 is 17.5 Å². The molecule has 0 fully saturated rings. The zero-order valence-electron chi connectivity index (χ0n) is 10.1. The number of carbonyl (C=O) groups excluding carboxylic acids is 1. The summed E-state index contributed by atoms with van der Waals surface area (Å²) in [5.41, 5.74) is -0.128. The third-order valence-electron chi connectivity index (χ3n) is 2.61. The molecule has 0 aliphatic heterocycles. The van der Waals surface area contributed by atoms with Crippen LogP contribution in [-0.4, -0.2) is 17.4 Å². The van der Waals surface area contributed by atoms with E-state index in [4.69, 9.17) is 0 Å². The first-order valence-electron chi connectivity index (χ1n) is 5.76. The molecular weight excluding hydrogens is 257 g/mol. The molecule has 1 aromatic heterocycles. The lowest BCUT2D eigenvalue weighted by Crippen LogP contribution is -2.24. The molecule has 3 nitrogen and oxygen atoms in total. The first-order chi connectivity index (χ1) is 9.04. The average Bonchev–Trinajstić information content (AvgIpc) is 2.41. The van der Waals surface area contributed by atoms with Gasteiger partial charge in [0.05, 0.1) is 5.56 Å².